The lowest BCUT2D eigenvalue weighted by molar-refractivity contribution is -0.116. The van der Waals surface area contributed by atoms with Gasteiger partial charge in [0.1, 0.15) is 4.90 Å². The van der Waals surface area contributed by atoms with Gasteiger partial charge in [-0.25, -0.2) is 8.42 Å². The van der Waals surface area contributed by atoms with Gasteiger partial charge in [0.05, 0.1) is 22.8 Å². The smallest absolute Gasteiger partial charge is 0.250 e. The quantitative estimate of drug-likeness (QED) is 0.753. The minimum Gasteiger partial charge on any atom is -0.366 e. The summed E-state index contributed by atoms with van der Waals surface area (Å²) >= 11 is 11.8. The summed E-state index contributed by atoms with van der Waals surface area (Å²) in [5, 5.41) is 2.65. The van der Waals surface area contributed by atoms with Crippen molar-refractivity contribution in [2.75, 3.05) is 18.9 Å². The first-order chi connectivity index (χ1) is 12.1. The monoisotopic (exact) mass is 415 g/mol. The molecule has 26 heavy (non-hydrogen) atoms. The van der Waals surface area contributed by atoms with Gasteiger partial charge in [-0.1, -0.05) is 35.3 Å². The lowest BCUT2D eigenvalue weighted by atomic mass is 10.1. The van der Waals surface area contributed by atoms with E-state index in [0.29, 0.717) is 0 Å². The zero-order valence-corrected chi connectivity index (χ0v) is 15.9. The molecule has 0 fully saturated rings. The Morgan fingerprint density at radius 1 is 1.15 bits per heavy atom. The molecule has 2 rings (SSSR count). The Hall–Kier alpha value is -2.13. The number of hydrogen-bond acceptors (Lipinski definition) is 4. The zero-order chi connectivity index (χ0) is 19.5. The number of anilines is 1. The molecule has 10 heteroatoms. The lowest BCUT2D eigenvalue weighted by Gasteiger charge is -2.18. The number of rotatable bonds is 6. The van der Waals surface area contributed by atoms with E-state index in [9.17, 15) is 18.0 Å². The fourth-order valence-electron chi connectivity index (χ4n) is 2.13. The Morgan fingerprint density at radius 3 is 2.46 bits per heavy atom. The van der Waals surface area contributed by atoms with Crippen molar-refractivity contribution < 1.29 is 18.0 Å². The number of amides is 2. The number of likely N-dealkylation sites (N-methyl/N-ethyl adjacent to an activating group) is 1. The van der Waals surface area contributed by atoms with Gasteiger partial charge in [0, 0.05) is 12.1 Å². The van der Waals surface area contributed by atoms with E-state index in [0.717, 1.165) is 4.31 Å². The van der Waals surface area contributed by atoms with Gasteiger partial charge in [0.2, 0.25) is 15.9 Å². The average molecular weight is 416 g/mol. The van der Waals surface area contributed by atoms with Crippen LogP contribution in [0.3, 0.4) is 0 Å². The molecule has 0 saturated carbocycles. The molecule has 7 nitrogen and oxygen atoms in total. The Morgan fingerprint density at radius 2 is 1.81 bits per heavy atom. The van der Waals surface area contributed by atoms with E-state index in [2.05, 4.69) is 5.32 Å². The van der Waals surface area contributed by atoms with Crippen LogP contribution in [0.25, 0.3) is 0 Å². The first-order valence-electron chi connectivity index (χ1n) is 7.23. The molecular weight excluding hydrogens is 401 g/mol. The van der Waals surface area contributed by atoms with E-state index in [4.69, 9.17) is 28.9 Å². The summed E-state index contributed by atoms with van der Waals surface area (Å²) < 4.78 is 26.0. The lowest BCUT2D eigenvalue weighted by Crippen LogP contribution is -2.35. The predicted octanol–water partition coefficient (Wildman–Crippen LogP) is 2.35. The summed E-state index contributed by atoms with van der Waals surface area (Å²) in [5.41, 5.74) is 5.55. The standard InChI is InChI=1S/C16H15Cl2N3O4S/c1-21(26(24,25)14-8-10(17)6-7-12(14)18)9-15(22)20-13-5-3-2-4-11(13)16(19)23/h2-8H,9H2,1H3,(H2,19,23)(H,20,22). The van der Waals surface area contributed by atoms with Gasteiger partial charge in [-0.2, -0.15) is 4.31 Å². The van der Waals surface area contributed by atoms with E-state index in [1.54, 1.807) is 12.1 Å². The van der Waals surface area contributed by atoms with E-state index < -0.39 is 28.4 Å². The van der Waals surface area contributed by atoms with E-state index in [1.165, 1.54) is 37.4 Å². The molecule has 0 radical (unpaired) electrons. The maximum absolute atomic E-state index is 12.6. The van der Waals surface area contributed by atoms with Crippen LogP contribution in [0.15, 0.2) is 47.4 Å². The van der Waals surface area contributed by atoms with Crippen LogP contribution >= 0.6 is 23.2 Å². The van der Waals surface area contributed by atoms with Gasteiger partial charge >= 0.3 is 0 Å². The molecule has 2 aromatic carbocycles. The summed E-state index contributed by atoms with van der Waals surface area (Å²) in [6, 6.07) is 10.1. The van der Waals surface area contributed by atoms with Crippen molar-refractivity contribution in [3.63, 3.8) is 0 Å². The first-order valence-corrected chi connectivity index (χ1v) is 9.42. The second-order valence-corrected chi connectivity index (χ2v) is 8.15. The Balaban J connectivity index is 2.19. The number of benzene rings is 2. The number of nitrogens with one attached hydrogen (secondary N) is 1. The van der Waals surface area contributed by atoms with E-state index in [-0.39, 0.29) is 26.2 Å². The van der Waals surface area contributed by atoms with Crippen LogP contribution in [-0.4, -0.2) is 38.1 Å². The number of nitrogens with two attached hydrogens (primary N) is 1. The summed E-state index contributed by atoms with van der Waals surface area (Å²) in [6.07, 6.45) is 0. The van der Waals surface area contributed by atoms with Crippen LogP contribution < -0.4 is 11.1 Å². The predicted molar refractivity (Wildman–Crippen MR) is 99.9 cm³/mol. The molecule has 0 unspecified atom stereocenters. The highest BCUT2D eigenvalue weighted by atomic mass is 35.5. The number of nitrogens with zero attached hydrogens (tertiary/aromatic N) is 1. The Kier molecular flexibility index (Phi) is 6.25. The van der Waals surface area contributed by atoms with Crippen molar-refractivity contribution >= 4 is 50.7 Å². The number of sulfonamides is 1. The minimum absolute atomic E-state index is 0.0132. The van der Waals surface area contributed by atoms with Gasteiger partial charge in [-0.15, -0.1) is 0 Å². The van der Waals surface area contributed by atoms with Crippen molar-refractivity contribution in [2.24, 2.45) is 5.73 Å². The molecule has 0 aliphatic carbocycles. The topological polar surface area (TPSA) is 110 Å². The van der Waals surface area contributed by atoms with E-state index in [1.807, 2.05) is 0 Å². The molecule has 138 valence electrons. The highest BCUT2D eigenvalue weighted by Crippen LogP contribution is 2.27. The fourth-order valence-corrected chi connectivity index (χ4v) is 3.99. The molecule has 0 bridgehead atoms. The summed E-state index contributed by atoms with van der Waals surface area (Å²) in [7, 11) is -2.81. The fraction of sp³-hybridized carbons (Fsp3) is 0.125. The largest absolute Gasteiger partial charge is 0.366 e. The molecule has 0 heterocycles. The second kappa shape index (κ2) is 8.05. The number of primary amides is 1. The Bertz CT molecular complexity index is 964. The zero-order valence-electron chi connectivity index (χ0n) is 13.6. The van der Waals surface area contributed by atoms with Gasteiger partial charge < -0.3 is 11.1 Å². The maximum Gasteiger partial charge on any atom is 0.250 e. The molecule has 0 aliphatic rings. The minimum atomic E-state index is -4.04. The molecule has 0 aliphatic heterocycles. The second-order valence-electron chi connectivity index (χ2n) is 5.29. The van der Waals surface area contributed by atoms with E-state index >= 15 is 0 Å². The molecule has 0 spiro atoms. The van der Waals surface area contributed by atoms with Crippen LogP contribution in [0, 0.1) is 0 Å². The summed E-state index contributed by atoms with van der Waals surface area (Å²) in [4.78, 5) is 23.4. The van der Waals surface area contributed by atoms with Gasteiger partial charge in [0.15, 0.2) is 0 Å². The molecule has 2 aromatic rings. The normalized spacial score (nSPS) is 11.4. The molecule has 3 N–H and O–H groups in total. The highest BCUT2D eigenvalue weighted by molar-refractivity contribution is 7.89. The van der Waals surface area contributed by atoms with Crippen LogP contribution in [0.1, 0.15) is 10.4 Å². The molecule has 0 aromatic heterocycles. The average Bonchev–Trinajstić information content (AvgIpc) is 2.57. The van der Waals surface area contributed by atoms with Gasteiger partial charge in [-0.3, -0.25) is 9.59 Å². The summed E-state index contributed by atoms with van der Waals surface area (Å²) in [5.74, 6) is -1.37. The first kappa shape index (κ1) is 20.2. The van der Waals surface area contributed by atoms with Crippen LogP contribution in [0.4, 0.5) is 5.69 Å². The number of carbonyl (C=O) groups excluding carboxylic acids is 2. The molecule has 0 saturated heterocycles. The highest BCUT2D eigenvalue weighted by Gasteiger charge is 2.26. The van der Waals surface area contributed by atoms with Crippen LogP contribution in [0.5, 0.6) is 0 Å². The SMILES string of the molecule is CN(CC(=O)Nc1ccccc1C(N)=O)S(=O)(=O)c1cc(Cl)ccc1Cl. The van der Waals surface area contributed by atoms with Crippen LogP contribution in [0.2, 0.25) is 10.0 Å². The molecule has 0 atom stereocenters. The van der Waals surface area contributed by atoms with Crippen molar-refractivity contribution in [3.8, 4) is 0 Å². The van der Waals surface area contributed by atoms with Gasteiger partial charge in [0.25, 0.3) is 5.91 Å². The molecule has 2 amide bonds. The van der Waals surface area contributed by atoms with Gasteiger partial charge in [-0.05, 0) is 30.3 Å². The number of hydrogen-bond donors (Lipinski definition) is 2. The maximum atomic E-state index is 12.6. The van der Waals surface area contributed by atoms with Crippen molar-refractivity contribution in [3.05, 3.63) is 58.1 Å². The Labute approximate surface area is 160 Å². The molecular formula is C16H15Cl2N3O4S. The van der Waals surface area contributed by atoms with Crippen molar-refractivity contribution in [1.82, 2.24) is 4.31 Å². The third-order valence-corrected chi connectivity index (χ3v) is 5.93. The third kappa shape index (κ3) is 4.53. The van der Waals surface area contributed by atoms with Crippen molar-refractivity contribution in [1.29, 1.82) is 0 Å². The number of para-hydroxylation sites is 1. The summed E-state index contributed by atoms with van der Waals surface area (Å²) in [6.45, 7) is -0.502. The number of carbonyl (C=O) groups is 2. The van der Waals surface area contributed by atoms with Crippen molar-refractivity contribution in [2.45, 2.75) is 4.90 Å². The third-order valence-electron chi connectivity index (χ3n) is 3.41. The number of halogens is 2. The van der Waals surface area contributed by atoms with Crippen LogP contribution in [-0.2, 0) is 14.8 Å².